The van der Waals surface area contributed by atoms with Crippen molar-refractivity contribution in [2.45, 2.75) is 66.2 Å². The van der Waals surface area contributed by atoms with E-state index in [1.807, 2.05) is 0 Å². The third-order valence-electron chi connectivity index (χ3n) is 3.99. The fourth-order valence-corrected chi connectivity index (χ4v) is 2.07. The minimum atomic E-state index is -0.747. The molecule has 2 amide bonds. The molecular weight excluding hydrogens is 268 g/mol. The molecule has 0 aliphatic rings. The number of urea groups is 1. The van der Waals surface area contributed by atoms with Gasteiger partial charge in [0.1, 0.15) is 0 Å². The first-order valence-corrected chi connectivity index (χ1v) is 8.04. The number of carbonyl (C=O) groups excluding carboxylic acids is 1. The number of carboxylic acids is 1. The Hall–Kier alpha value is -1.26. The molecule has 0 heterocycles. The van der Waals surface area contributed by atoms with Crippen LogP contribution in [-0.4, -0.2) is 30.2 Å². The van der Waals surface area contributed by atoms with Crippen molar-refractivity contribution in [3.63, 3.8) is 0 Å². The summed E-state index contributed by atoms with van der Waals surface area (Å²) in [5, 5.41) is 14.5. The second kappa shape index (κ2) is 10.5. The SMILES string of the molecule is CCCC(CCNC(=O)NCC(C)(C)CC)CCC(=O)O. The number of rotatable bonds is 11. The van der Waals surface area contributed by atoms with Gasteiger partial charge in [0, 0.05) is 19.5 Å². The van der Waals surface area contributed by atoms with Gasteiger partial charge in [0.25, 0.3) is 0 Å². The molecule has 124 valence electrons. The molecule has 0 radical (unpaired) electrons. The molecule has 5 nitrogen and oxygen atoms in total. The first-order chi connectivity index (χ1) is 9.80. The van der Waals surface area contributed by atoms with Crippen LogP contribution >= 0.6 is 0 Å². The molecule has 0 aromatic rings. The van der Waals surface area contributed by atoms with Gasteiger partial charge in [0.05, 0.1) is 0 Å². The Bertz CT molecular complexity index is 317. The van der Waals surface area contributed by atoms with E-state index in [2.05, 4.69) is 38.3 Å². The molecule has 5 heteroatoms. The summed E-state index contributed by atoms with van der Waals surface area (Å²) in [7, 11) is 0. The Balaban J connectivity index is 3.91. The predicted molar refractivity (Wildman–Crippen MR) is 85.4 cm³/mol. The molecule has 0 aliphatic heterocycles. The highest BCUT2D eigenvalue weighted by Crippen LogP contribution is 2.18. The molecule has 0 aromatic carbocycles. The van der Waals surface area contributed by atoms with E-state index in [1.165, 1.54) is 0 Å². The van der Waals surface area contributed by atoms with Crippen LogP contribution < -0.4 is 10.6 Å². The summed E-state index contributed by atoms with van der Waals surface area (Å²) in [6.45, 7) is 9.71. The first-order valence-electron chi connectivity index (χ1n) is 8.04. The zero-order valence-electron chi connectivity index (χ0n) is 14.0. The molecule has 0 fully saturated rings. The second-order valence-corrected chi connectivity index (χ2v) is 6.50. The minimum Gasteiger partial charge on any atom is -0.481 e. The summed E-state index contributed by atoms with van der Waals surface area (Å²) in [5.74, 6) is -0.373. The molecule has 0 bridgehead atoms. The van der Waals surface area contributed by atoms with E-state index in [9.17, 15) is 9.59 Å². The van der Waals surface area contributed by atoms with Crippen molar-refractivity contribution in [3.8, 4) is 0 Å². The van der Waals surface area contributed by atoms with Crippen molar-refractivity contribution < 1.29 is 14.7 Å². The Labute approximate surface area is 128 Å². The molecule has 0 saturated heterocycles. The van der Waals surface area contributed by atoms with Crippen LogP contribution in [0.4, 0.5) is 4.79 Å². The normalized spacial score (nSPS) is 12.8. The van der Waals surface area contributed by atoms with Crippen LogP contribution in [0.5, 0.6) is 0 Å². The van der Waals surface area contributed by atoms with E-state index < -0.39 is 5.97 Å². The summed E-state index contributed by atoms with van der Waals surface area (Å²) >= 11 is 0. The smallest absolute Gasteiger partial charge is 0.314 e. The summed E-state index contributed by atoms with van der Waals surface area (Å²) < 4.78 is 0. The molecule has 1 atom stereocenters. The van der Waals surface area contributed by atoms with Crippen LogP contribution in [0.15, 0.2) is 0 Å². The lowest BCUT2D eigenvalue weighted by atomic mass is 9.90. The quantitative estimate of drug-likeness (QED) is 0.547. The topological polar surface area (TPSA) is 78.4 Å². The van der Waals surface area contributed by atoms with Gasteiger partial charge < -0.3 is 15.7 Å². The van der Waals surface area contributed by atoms with E-state index in [1.54, 1.807) is 0 Å². The number of nitrogens with one attached hydrogen (secondary N) is 2. The predicted octanol–water partition coefficient (Wildman–Crippen LogP) is 3.39. The summed E-state index contributed by atoms with van der Waals surface area (Å²) in [6.07, 6.45) is 4.81. The molecule has 3 N–H and O–H groups in total. The summed E-state index contributed by atoms with van der Waals surface area (Å²) in [5.41, 5.74) is 0.115. The number of aliphatic carboxylic acids is 1. The van der Waals surface area contributed by atoms with Crippen molar-refractivity contribution in [1.29, 1.82) is 0 Å². The van der Waals surface area contributed by atoms with Gasteiger partial charge in [-0.1, -0.05) is 40.5 Å². The third kappa shape index (κ3) is 11.1. The average molecular weight is 300 g/mol. The van der Waals surface area contributed by atoms with Gasteiger partial charge in [-0.15, -0.1) is 0 Å². The Morgan fingerprint density at radius 3 is 2.29 bits per heavy atom. The van der Waals surface area contributed by atoms with Crippen molar-refractivity contribution in [1.82, 2.24) is 10.6 Å². The fourth-order valence-electron chi connectivity index (χ4n) is 2.07. The highest BCUT2D eigenvalue weighted by Gasteiger charge is 2.16. The Morgan fingerprint density at radius 1 is 1.10 bits per heavy atom. The molecule has 0 spiro atoms. The maximum atomic E-state index is 11.7. The first kappa shape index (κ1) is 19.7. The lowest BCUT2D eigenvalue weighted by molar-refractivity contribution is -0.137. The number of carbonyl (C=O) groups is 2. The van der Waals surface area contributed by atoms with Crippen LogP contribution in [0.2, 0.25) is 0 Å². The average Bonchev–Trinajstić information content (AvgIpc) is 2.42. The van der Waals surface area contributed by atoms with Crippen LogP contribution in [0.1, 0.15) is 66.2 Å². The Morgan fingerprint density at radius 2 is 1.76 bits per heavy atom. The van der Waals surface area contributed by atoms with Crippen molar-refractivity contribution >= 4 is 12.0 Å². The maximum absolute atomic E-state index is 11.7. The maximum Gasteiger partial charge on any atom is 0.314 e. The van der Waals surface area contributed by atoms with Crippen LogP contribution in [0.3, 0.4) is 0 Å². The van der Waals surface area contributed by atoms with Gasteiger partial charge in [-0.05, 0) is 30.6 Å². The number of hydrogen-bond acceptors (Lipinski definition) is 2. The highest BCUT2D eigenvalue weighted by atomic mass is 16.4. The van der Waals surface area contributed by atoms with Gasteiger partial charge >= 0.3 is 12.0 Å². The number of hydrogen-bond donors (Lipinski definition) is 3. The summed E-state index contributed by atoms with van der Waals surface area (Å²) in [4.78, 5) is 22.3. The third-order valence-corrected chi connectivity index (χ3v) is 3.99. The molecule has 21 heavy (non-hydrogen) atoms. The van der Waals surface area contributed by atoms with Crippen LogP contribution in [0, 0.1) is 11.3 Å². The minimum absolute atomic E-state index is 0.115. The lowest BCUT2D eigenvalue weighted by Crippen LogP contribution is -2.41. The van der Waals surface area contributed by atoms with Crippen LogP contribution in [0.25, 0.3) is 0 Å². The number of amides is 2. The zero-order valence-corrected chi connectivity index (χ0v) is 14.0. The molecule has 1 unspecified atom stereocenters. The largest absolute Gasteiger partial charge is 0.481 e. The lowest BCUT2D eigenvalue weighted by Gasteiger charge is -2.23. The van der Waals surface area contributed by atoms with E-state index in [0.29, 0.717) is 25.4 Å². The monoisotopic (exact) mass is 300 g/mol. The second-order valence-electron chi connectivity index (χ2n) is 6.50. The van der Waals surface area contributed by atoms with Gasteiger partial charge in [-0.2, -0.15) is 0 Å². The molecule has 0 rings (SSSR count). The number of carboxylic acid groups (broad SMARTS) is 1. The standard InChI is InChI=1S/C16H32N2O3/c1-5-7-13(8-9-14(19)20)10-11-17-15(21)18-12-16(3,4)6-2/h13H,5-12H2,1-4H3,(H,19,20)(H2,17,18,21). The molecule has 0 aromatic heterocycles. The molecule has 0 saturated carbocycles. The van der Waals surface area contributed by atoms with E-state index in [0.717, 1.165) is 25.7 Å². The van der Waals surface area contributed by atoms with E-state index >= 15 is 0 Å². The van der Waals surface area contributed by atoms with Gasteiger partial charge in [0.2, 0.25) is 0 Å². The molecular formula is C16H32N2O3. The van der Waals surface area contributed by atoms with E-state index in [4.69, 9.17) is 5.11 Å². The zero-order chi connectivity index (χ0) is 16.3. The summed E-state index contributed by atoms with van der Waals surface area (Å²) in [6, 6.07) is -0.134. The Kier molecular flexibility index (Phi) is 9.84. The van der Waals surface area contributed by atoms with Gasteiger partial charge in [-0.25, -0.2) is 4.79 Å². The van der Waals surface area contributed by atoms with Crippen molar-refractivity contribution in [3.05, 3.63) is 0 Å². The van der Waals surface area contributed by atoms with Crippen LogP contribution in [-0.2, 0) is 4.79 Å². The highest BCUT2D eigenvalue weighted by molar-refractivity contribution is 5.73. The van der Waals surface area contributed by atoms with Crippen molar-refractivity contribution in [2.75, 3.05) is 13.1 Å². The fraction of sp³-hybridized carbons (Fsp3) is 0.875. The van der Waals surface area contributed by atoms with E-state index in [-0.39, 0.29) is 17.9 Å². The van der Waals surface area contributed by atoms with Gasteiger partial charge in [-0.3, -0.25) is 4.79 Å². The molecule has 0 aliphatic carbocycles. The van der Waals surface area contributed by atoms with Gasteiger partial charge in [0.15, 0.2) is 0 Å². The van der Waals surface area contributed by atoms with Crippen molar-refractivity contribution in [2.24, 2.45) is 11.3 Å².